The zero-order chi connectivity index (χ0) is 12.5. The molecular formula is C13H22IN3O. The van der Waals surface area contributed by atoms with Crippen molar-refractivity contribution >= 4 is 29.9 Å². The first-order valence-electron chi connectivity index (χ1n) is 6.04. The predicted octanol–water partition coefficient (Wildman–Crippen LogP) is 2.26. The molecular weight excluding hydrogens is 341 g/mol. The number of hydrogen-bond donors (Lipinski definition) is 3. The molecule has 0 aliphatic rings. The van der Waals surface area contributed by atoms with Crippen LogP contribution < -0.4 is 11.1 Å². The summed E-state index contributed by atoms with van der Waals surface area (Å²) >= 11 is 0. The summed E-state index contributed by atoms with van der Waals surface area (Å²) in [5, 5.41) is 12.4. The molecule has 4 N–H and O–H groups in total. The number of nitrogens with two attached hydrogens (primary N) is 1. The van der Waals surface area contributed by atoms with Crippen LogP contribution in [0.1, 0.15) is 25.3 Å². The van der Waals surface area contributed by atoms with E-state index in [2.05, 4.69) is 17.2 Å². The number of rotatable bonds is 6. The Bertz CT molecular complexity index is 369. The molecule has 1 rings (SSSR count). The van der Waals surface area contributed by atoms with E-state index in [9.17, 15) is 5.11 Å². The summed E-state index contributed by atoms with van der Waals surface area (Å²) in [6.45, 7) is 3.63. The van der Waals surface area contributed by atoms with Crippen molar-refractivity contribution in [3.8, 4) is 5.75 Å². The van der Waals surface area contributed by atoms with Crippen molar-refractivity contribution in [1.82, 2.24) is 5.32 Å². The third-order valence-electron chi connectivity index (χ3n) is 2.42. The lowest BCUT2D eigenvalue weighted by molar-refractivity contribution is 0.474. The van der Waals surface area contributed by atoms with Crippen LogP contribution >= 0.6 is 24.0 Å². The van der Waals surface area contributed by atoms with Gasteiger partial charge in [-0.3, -0.25) is 4.99 Å². The van der Waals surface area contributed by atoms with Crippen LogP contribution in [-0.2, 0) is 6.42 Å². The first-order valence-corrected chi connectivity index (χ1v) is 6.04. The number of hydrogen-bond acceptors (Lipinski definition) is 2. The van der Waals surface area contributed by atoms with Gasteiger partial charge in [0, 0.05) is 13.1 Å². The fourth-order valence-corrected chi connectivity index (χ4v) is 1.46. The maximum absolute atomic E-state index is 9.30. The molecule has 0 heterocycles. The van der Waals surface area contributed by atoms with Gasteiger partial charge in [-0.05, 0) is 30.5 Å². The maximum Gasteiger partial charge on any atom is 0.188 e. The van der Waals surface area contributed by atoms with E-state index in [1.54, 1.807) is 12.1 Å². The number of nitrogens with one attached hydrogen (secondary N) is 1. The minimum Gasteiger partial charge on any atom is -0.508 e. The summed E-state index contributed by atoms with van der Waals surface area (Å²) < 4.78 is 0. The van der Waals surface area contributed by atoms with Crippen LogP contribution in [0.15, 0.2) is 29.3 Å². The SMILES string of the molecule is CCCCN=C(N)NCCc1cccc(O)c1.I. The second-order valence-corrected chi connectivity index (χ2v) is 3.97. The van der Waals surface area contributed by atoms with Crippen molar-refractivity contribution < 1.29 is 5.11 Å². The van der Waals surface area contributed by atoms with Gasteiger partial charge >= 0.3 is 0 Å². The average molecular weight is 363 g/mol. The van der Waals surface area contributed by atoms with Gasteiger partial charge in [0.1, 0.15) is 5.75 Å². The molecule has 0 radical (unpaired) electrons. The highest BCUT2D eigenvalue weighted by Crippen LogP contribution is 2.10. The lowest BCUT2D eigenvalue weighted by Gasteiger charge is -2.05. The van der Waals surface area contributed by atoms with Crippen molar-refractivity contribution in [1.29, 1.82) is 0 Å². The minimum absolute atomic E-state index is 0. The van der Waals surface area contributed by atoms with Crippen molar-refractivity contribution in [3.05, 3.63) is 29.8 Å². The fraction of sp³-hybridized carbons (Fsp3) is 0.462. The third-order valence-corrected chi connectivity index (χ3v) is 2.42. The highest BCUT2D eigenvalue weighted by molar-refractivity contribution is 14.0. The second kappa shape index (κ2) is 9.99. The molecule has 0 atom stereocenters. The Morgan fingerprint density at radius 1 is 1.44 bits per heavy atom. The van der Waals surface area contributed by atoms with Crippen LogP contribution in [-0.4, -0.2) is 24.2 Å². The summed E-state index contributed by atoms with van der Waals surface area (Å²) in [4.78, 5) is 4.20. The zero-order valence-electron chi connectivity index (χ0n) is 10.7. The first-order chi connectivity index (χ1) is 8.22. The van der Waals surface area contributed by atoms with Crippen molar-refractivity contribution in [2.24, 2.45) is 10.7 Å². The molecule has 5 heteroatoms. The standard InChI is InChI=1S/C13H21N3O.HI/c1-2-3-8-15-13(14)16-9-7-11-5-4-6-12(17)10-11;/h4-6,10,17H,2-3,7-9H2,1H3,(H3,14,15,16);1H. The van der Waals surface area contributed by atoms with E-state index in [4.69, 9.17) is 5.73 Å². The first kappa shape index (κ1) is 17.0. The number of halogens is 1. The smallest absolute Gasteiger partial charge is 0.188 e. The number of benzene rings is 1. The molecule has 1 aromatic carbocycles. The predicted molar refractivity (Wildman–Crippen MR) is 86.6 cm³/mol. The molecule has 102 valence electrons. The lowest BCUT2D eigenvalue weighted by atomic mass is 10.1. The van der Waals surface area contributed by atoms with E-state index in [1.807, 2.05) is 12.1 Å². The lowest BCUT2D eigenvalue weighted by Crippen LogP contribution is -2.33. The van der Waals surface area contributed by atoms with E-state index in [0.717, 1.165) is 37.9 Å². The van der Waals surface area contributed by atoms with E-state index >= 15 is 0 Å². The molecule has 0 bridgehead atoms. The molecule has 18 heavy (non-hydrogen) atoms. The molecule has 0 saturated carbocycles. The molecule has 0 saturated heterocycles. The van der Waals surface area contributed by atoms with Gasteiger partial charge in [-0.1, -0.05) is 25.5 Å². The van der Waals surface area contributed by atoms with Crippen LogP contribution in [0.4, 0.5) is 0 Å². The van der Waals surface area contributed by atoms with Gasteiger partial charge in [0.05, 0.1) is 0 Å². The van der Waals surface area contributed by atoms with E-state index in [1.165, 1.54) is 0 Å². The highest BCUT2D eigenvalue weighted by Gasteiger charge is 1.95. The van der Waals surface area contributed by atoms with Crippen LogP contribution in [0.5, 0.6) is 5.75 Å². The van der Waals surface area contributed by atoms with Crippen LogP contribution in [0, 0.1) is 0 Å². The van der Waals surface area contributed by atoms with E-state index in [-0.39, 0.29) is 24.0 Å². The van der Waals surface area contributed by atoms with Crippen LogP contribution in [0.25, 0.3) is 0 Å². The van der Waals surface area contributed by atoms with Crippen molar-refractivity contribution in [3.63, 3.8) is 0 Å². The number of phenols is 1. The third kappa shape index (κ3) is 7.37. The van der Waals surface area contributed by atoms with Gasteiger partial charge in [0.15, 0.2) is 5.96 Å². The van der Waals surface area contributed by atoms with Gasteiger partial charge in [-0.15, -0.1) is 24.0 Å². The topological polar surface area (TPSA) is 70.6 Å². The molecule has 0 fully saturated rings. The van der Waals surface area contributed by atoms with Gasteiger partial charge in [0.2, 0.25) is 0 Å². The van der Waals surface area contributed by atoms with Crippen LogP contribution in [0.3, 0.4) is 0 Å². The molecule has 0 aliphatic heterocycles. The molecule has 0 unspecified atom stereocenters. The van der Waals surface area contributed by atoms with Gasteiger partial charge in [-0.25, -0.2) is 0 Å². The van der Waals surface area contributed by atoms with Gasteiger partial charge in [-0.2, -0.15) is 0 Å². The maximum atomic E-state index is 9.30. The Morgan fingerprint density at radius 3 is 2.89 bits per heavy atom. The number of unbranched alkanes of at least 4 members (excludes halogenated alkanes) is 1. The Labute approximate surface area is 126 Å². The zero-order valence-corrected chi connectivity index (χ0v) is 13.1. The molecule has 0 aromatic heterocycles. The van der Waals surface area contributed by atoms with Crippen molar-refractivity contribution in [2.45, 2.75) is 26.2 Å². The molecule has 4 nitrogen and oxygen atoms in total. The second-order valence-electron chi connectivity index (χ2n) is 3.97. The number of aliphatic imine (C=N–C) groups is 1. The minimum atomic E-state index is 0. The Kier molecular flexibility index (Phi) is 9.45. The van der Waals surface area contributed by atoms with Crippen molar-refractivity contribution in [2.75, 3.05) is 13.1 Å². The average Bonchev–Trinajstić information content (AvgIpc) is 2.29. The van der Waals surface area contributed by atoms with Crippen LogP contribution in [0.2, 0.25) is 0 Å². The highest BCUT2D eigenvalue weighted by atomic mass is 127. The summed E-state index contributed by atoms with van der Waals surface area (Å²) in [6, 6.07) is 7.23. The monoisotopic (exact) mass is 363 g/mol. The van der Waals surface area contributed by atoms with E-state index in [0.29, 0.717) is 11.7 Å². The van der Waals surface area contributed by atoms with Gasteiger partial charge in [0.25, 0.3) is 0 Å². The summed E-state index contributed by atoms with van der Waals surface area (Å²) in [5.74, 6) is 0.797. The summed E-state index contributed by atoms with van der Waals surface area (Å²) in [7, 11) is 0. The molecule has 0 amide bonds. The van der Waals surface area contributed by atoms with E-state index < -0.39 is 0 Å². The number of aromatic hydroxyl groups is 1. The van der Waals surface area contributed by atoms with Gasteiger partial charge < -0.3 is 16.2 Å². The molecule has 0 spiro atoms. The number of phenolic OH excluding ortho intramolecular Hbond substituents is 1. The molecule has 1 aromatic rings. The largest absolute Gasteiger partial charge is 0.508 e. The Hall–Kier alpha value is -0.980. The normalized spacial score (nSPS) is 10.8. The summed E-state index contributed by atoms with van der Waals surface area (Å²) in [6.07, 6.45) is 3.01. The summed E-state index contributed by atoms with van der Waals surface area (Å²) in [5.41, 5.74) is 6.78. The fourth-order valence-electron chi connectivity index (χ4n) is 1.46. The molecule has 0 aliphatic carbocycles. The Balaban J connectivity index is 0.00000289. The Morgan fingerprint density at radius 2 is 2.22 bits per heavy atom. The number of nitrogens with zero attached hydrogens (tertiary/aromatic N) is 1. The number of guanidine groups is 1. The quantitative estimate of drug-likeness (QED) is 0.314.